The van der Waals surface area contributed by atoms with Crippen LogP contribution in [0.2, 0.25) is 0 Å². The van der Waals surface area contributed by atoms with Crippen molar-refractivity contribution in [1.29, 1.82) is 0 Å². The second kappa shape index (κ2) is 3.49. The molecule has 0 spiro atoms. The Morgan fingerprint density at radius 1 is 1.17 bits per heavy atom. The summed E-state index contributed by atoms with van der Waals surface area (Å²) in [4.78, 5) is 9.56. The molecule has 6 heteroatoms. The standard InChI is InChI=1S/C12H5F2NO3/c13-7-5-9-10(11(14)12(7)15(16)17)6-3-1-2-4-8(6)18-9/h1-5H. The van der Waals surface area contributed by atoms with Crippen molar-refractivity contribution in [3.63, 3.8) is 0 Å². The summed E-state index contributed by atoms with van der Waals surface area (Å²) >= 11 is 0. The Hall–Kier alpha value is -2.50. The number of fused-ring (bicyclic) bond motifs is 3. The molecular formula is C12H5F2NO3. The predicted octanol–water partition coefficient (Wildman–Crippen LogP) is 3.77. The van der Waals surface area contributed by atoms with Crippen molar-refractivity contribution in [3.05, 3.63) is 52.1 Å². The van der Waals surface area contributed by atoms with Gasteiger partial charge >= 0.3 is 5.69 Å². The van der Waals surface area contributed by atoms with Gasteiger partial charge in [0.25, 0.3) is 0 Å². The highest BCUT2D eigenvalue weighted by molar-refractivity contribution is 6.06. The van der Waals surface area contributed by atoms with Crippen LogP contribution in [0.5, 0.6) is 0 Å². The van der Waals surface area contributed by atoms with Crippen LogP contribution in [0.25, 0.3) is 21.9 Å². The van der Waals surface area contributed by atoms with Gasteiger partial charge in [0.05, 0.1) is 10.3 Å². The van der Waals surface area contributed by atoms with Crippen molar-refractivity contribution in [2.45, 2.75) is 0 Å². The van der Waals surface area contributed by atoms with Gasteiger partial charge < -0.3 is 4.42 Å². The van der Waals surface area contributed by atoms with Crippen LogP contribution in [0.4, 0.5) is 14.5 Å². The molecule has 1 heterocycles. The van der Waals surface area contributed by atoms with E-state index in [-0.39, 0.29) is 11.0 Å². The van der Waals surface area contributed by atoms with E-state index in [9.17, 15) is 18.9 Å². The lowest BCUT2D eigenvalue weighted by Crippen LogP contribution is -1.96. The number of para-hydroxylation sites is 1. The fourth-order valence-corrected chi connectivity index (χ4v) is 1.97. The van der Waals surface area contributed by atoms with E-state index in [2.05, 4.69) is 0 Å². The van der Waals surface area contributed by atoms with Crippen LogP contribution < -0.4 is 0 Å². The van der Waals surface area contributed by atoms with Crippen LogP contribution in [0, 0.1) is 21.7 Å². The molecule has 0 fully saturated rings. The third-order valence-corrected chi connectivity index (χ3v) is 2.72. The molecule has 0 aliphatic carbocycles. The lowest BCUT2D eigenvalue weighted by Gasteiger charge is -1.97. The van der Waals surface area contributed by atoms with Crippen molar-refractivity contribution >= 4 is 27.6 Å². The zero-order chi connectivity index (χ0) is 12.9. The van der Waals surface area contributed by atoms with E-state index in [1.165, 1.54) is 0 Å². The molecule has 0 unspecified atom stereocenters. The van der Waals surface area contributed by atoms with Gasteiger partial charge in [-0.1, -0.05) is 18.2 Å². The first kappa shape index (κ1) is 10.6. The third-order valence-electron chi connectivity index (χ3n) is 2.72. The highest BCUT2D eigenvalue weighted by Gasteiger charge is 2.26. The molecule has 4 nitrogen and oxygen atoms in total. The molecule has 0 saturated carbocycles. The van der Waals surface area contributed by atoms with E-state index < -0.39 is 22.2 Å². The molecule has 0 aliphatic heterocycles. The average Bonchev–Trinajstić information content (AvgIpc) is 2.66. The van der Waals surface area contributed by atoms with Gasteiger partial charge in [-0.3, -0.25) is 10.1 Å². The molecule has 0 bridgehead atoms. The Balaban J connectivity index is 2.56. The molecule has 0 atom stereocenters. The Bertz CT molecular complexity index is 795. The van der Waals surface area contributed by atoms with Gasteiger partial charge in [0.1, 0.15) is 11.2 Å². The molecule has 0 amide bonds. The summed E-state index contributed by atoms with van der Waals surface area (Å²) in [5, 5.41) is 11.0. The molecule has 0 saturated heterocycles. The van der Waals surface area contributed by atoms with E-state index in [1.54, 1.807) is 24.3 Å². The molecule has 2 aromatic carbocycles. The Kier molecular flexibility index (Phi) is 2.07. The van der Waals surface area contributed by atoms with Gasteiger partial charge in [0.15, 0.2) is 0 Å². The highest BCUT2D eigenvalue weighted by atomic mass is 19.1. The Labute approximate surface area is 98.6 Å². The summed E-state index contributed by atoms with van der Waals surface area (Å²) in [6, 6.07) is 7.29. The first-order valence-electron chi connectivity index (χ1n) is 5.03. The summed E-state index contributed by atoms with van der Waals surface area (Å²) < 4.78 is 32.7. The molecule has 18 heavy (non-hydrogen) atoms. The number of nitrogens with zero attached hydrogens (tertiary/aromatic N) is 1. The number of rotatable bonds is 1. The molecule has 0 aliphatic rings. The third kappa shape index (κ3) is 1.29. The number of benzene rings is 2. The highest BCUT2D eigenvalue weighted by Crippen LogP contribution is 2.36. The topological polar surface area (TPSA) is 56.3 Å². The lowest BCUT2D eigenvalue weighted by atomic mass is 10.1. The molecule has 90 valence electrons. The molecule has 3 rings (SSSR count). The van der Waals surface area contributed by atoms with Gasteiger partial charge in [-0.15, -0.1) is 0 Å². The zero-order valence-electron chi connectivity index (χ0n) is 8.81. The predicted molar refractivity (Wildman–Crippen MR) is 60.3 cm³/mol. The minimum Gasteiger partial charge on any atom is -0.456 e. The summed E-state index contributed by atoms with van der Waals surface area (Å²) in [6.07, 6.45) is 0. The van der Waals surface area contributed by atoms with E-state index >= 15 is 0 Å². The van der Waals surface area contributed by atoms with Crippen LogP contribution in [-0.2, 0) is 0 Å². The second-order valence-corrected chi connectivity index (χ2v) is 3.75. The SMILES string of the molecule is O=[N+]([O-])c1c(F)cc2oc3ccccc3c2c1F. The Morgan fingerprint density at radius 3 is 2.61 bits per heavy atom. The van der Waals surface area contributed by atoms with Crippen LogP contribution in [-0.4, -0.2) is 4.92 Å². The smallest absolute Gasteiger partial charge is 0.341 e. The first-order chi connectivity index (χ1) is 8.59. The Morgan fingerprint density at radius 2 is 1.89 bits per heavy atom. The maximum Gasteiger partial charge on any atom is 0.341 e. The van der Waals surface area contributed by atoms with Crippen molar-refractivity contribution in [2.24, 2.45) is 0 Å². The number of hydrogen-bond donors (Lipinski definition) is 0. The van der Waals surface area contributed by atoms with Crippen molar-refractivity contribution in [2.75, 3.05) is 0 Å². The summed E-state index contributed by atoms with van der Waals surface area (Å²) in [5.41, 5.74) is -0.850. The lowest BCUT2D eigenvalue weighted by molar-refractivity contribution is -0.390. The number of furan rings is 1. The van der Waals surface area contributed by atoms with Gasteiger partial charge in [-0.05, 0) is 6.07 Å². The first-order valence-corrected chi connectivity index (χ1v) is 5.03. The minimum atomic E-state index is -1.25. The van der Waals surface area contributed by atoms with Crippen LogP contribution in [0.15, 0.2) is 34.7 Å². The number of hydrogen-bond acceptors (Lipinski definition) is 3. The fraction of sp³-hybridized carbons (Fsp3) is 0. The van der Waals surface area contributed by atoms with Crippen LogP contribution in [0.1, 0.15) is 0 Å². The van der Waals surface area contributed by atoms with E-state index in [0.717, 1.165) is 6.07 Å². The summed E-state index contributed by atoms with van der Waals surface area (Å²) in [6.45, 7) is 0. The maximum absolute atomic E-state index is 14.0. The van der Waals surface area contributed by atoms with Gasteiger partial charge in [0.2, 0.25) is 11.6 Å². The van der Waals surface area contributed by atoms with Crippen molar-refractivity contribution in [3.8, 4) is 0 Å². The molecule has 3 aromatic rings. The maximum atomic E-state index is 14.0. The van der Waals surface area contributed by atoms with E-state index in [0.29, 0.717) is 11.0 Å². The summed E-state index contributed by atoms with van der Waals surface area (Å²) in [5.74, 6) is -2.45. The summed E-state index contributed by atoms with van der Waals surface area (Å²) in [7, 11) is 0. The molecular weight excluding hydrogens is 244 g/mol. The van der Waals surface area contributed by atoms with Crippen molar-refractivity contribution in [1.82, 2.24) is 0 Å². The second-order valence-electron chi connectivity index (χ2n) is 3.75. The van der Waals surface area contributed by atoms with Gasteiger partial charge in [-0.25, -0.2) is 0 Å². The number of halogens is 2. The van der Waals surface area contributed by atoms with Gasteiger partial charge in [0, 0.05) is 11.5 Å². The largest absolute Gasteiger partial charge is 0.456 e. The quantitative estimate of drug-likeness (QED) is 0.487. The van der Waals surface area contributed by atoms with Gasteiger partial charge in [-0.2, -0.15) is 8.78 Å². The van der Waals surface area contributed by atoms with Crippen molar-refractivity contribution < 1.29 is 18.1 Å². The number of nitro groups is 1. The molecule has 0 radical (unpaired) electrons. The minimum absolute atomic E-state index is 0.0446. The monoisotopic (exact) mass is 249 g/mol. The van der Waals surface area contributed by atoms with E-state index in [1.807, 2.05) is 0 Å². The van der Waals surface area contributed by atoms with Crippen LogP contribution in [0.3, 0.4) is 0 Å². The van der Waals surface area contributed by atoms with E-state index in [4.69, 9.17) is 4.42 Å². The number of nitro benzene ring substituents is 1. The zero-order valence-corrected chi connectivity index (χ0v) is 8.81. The fourth-order valence-electron chi connectivity index (χ4n) is 1.97. The molecule has 1 aromatic heterocycles. The normalized spacial score (nSPS) is 11.2. The van der Waals surface area contributed by atoms with Crippen LogP contribution >= 0.6 is 0 Å². The average molecular weight is 249 g/mol. The molecule has 0 N–H and O–H groups in total.